The molecule has 0 radical (unpaired) electrons. The fourth-order valence-electron chi connectivity index (χ4n) is 2.79. The summed E-state index contributed by atoms with van der Waals surface area (Å²) >= 11 is 1.64. The largest absolute Gasteiger partial charge is 0.350 e. The zero-order chi connectivity index (χ0) is 17.6. The topological polar surface area (TPSA) is 92.9 Å². The van der Waals surface area contributed by atoms with Crippen LogP contribution in [0, 0.1) is 0 Å². The lowest BCUT2D eigenvalue weighted by Crippen LogP contribution is -2.37. The monoisotopic (exact) mass is 490 g/mol. The minimum atomic E-state index is 0. The molecule has 0 bridgehead atoms. The summed E-state index contributed by atoms with van der Waals surface area (Å²) in [4.78, 5) is 4.27. The van der Waals surface area contributed by atoms with Crippen LogP contribution < -0.4 is 10.6 Å². The van der Waals surface area contributed by atoms with E-state index in [9.17, 15) is 0 Å². The summed E-state index contributed by atoms with van der Waals surface area (Å²) in [5, 5.41) is 25.7. The Kier molecular flexibility index (Phi) is 8.19. The third-order valence-electron chi connectivity index (χ3n) is 4.21. The maximum atomic E-state index is 4.33. The van der Waals surface area contributed by atoms with Crippen molar-refractivity contribution in [2.24, 2.45) is 4.99 Å². The molecular weight excluding hydrogens is 463 g/mol. The number of aromatic nitrogens is 5. The molecule has 0 aromatic carbocycles. The highest BCUT2D eigenvalue weighted by Crippen LogP contribution is 2.18. The third-order valence-corrected chi connectivity index (χ3v) is 5.43. The van der Waals surface area contributed by atoms with Gasteiger partial charge in [0.05, 0.1) is 13.1 Å². The van der Waals surface area contributed by atoms with Crippen LogP contribution in [0.4, 0.5) is 0 Å². The number of aliphatic imine (C=N–C) groups is 1. The van der Waals surface area contributed by atoms with Gasteiger partial charge in [0.15, 0.2) is 11.8 Å². The van der Waals surface area contributed by atoms with Crippen LogP contribution in [0.2, 0.25) is 0 Å². The molecule has 2 N–H and O–H groups in total. The fraction of sp³-hybridized carbons (Fsp3) is 0.688. The average Bonchev–Trinajstić information content (AvgIpc) is 3.16. The van der Waals surface area contributed by atoms with Crippen molar-refractivity contribution in [2.45, 2.75) is 65.1 Å². The second-order valence-corrected chi connectivity index (χ2v) is 7.56. The van der Waals surface area contributed by atoms with Gasteiger partial charge >= 0.3 is 0 Å². The average molecular weight is 490 g/mol. The first-order chi connectivity index (χ1) is 12.2. The maximum Gasteiger partial charge on any atom is 0.191 e. The zero-order valence-corrected chi connectivity index (χ0v) is 18.7. The highest BCUT2D eigenvalue weighted by Gasteiger charge is 2.15. The number of hydrogen-bond acceptors (Lipinski definition) is 6. The normalized spacial score (nSPS) is 14.5. The van der Waals surface area contributed by atoms with Crippen molar-refractivity contribution in [1.82, 2.24) is 35.6 Å². The van der Waals surface area contributed by atoms with Gasteiger partial charge in [-0.1, -0.05) is 31.6 Å². The van der Waals surface area contributed by atoms with E-state index in [4.69, 9.17) is 0 Å². The molecule has 1 aliphatic rings. The van der Waals surface area contributed by atoms with E-state index < -0.39 is 0 Å². The molecule has 10 heteroatoms. The second-order valence-electron chi connectivity index (χ2n) is 6.46. The SMILES string of the molecule is CN=C(NCc1nnc(C(C)C)s1)NCc1nnc2n1CCCCC2.I. The van der Waals surface area contributed by atoms with Gasteiger partial charge in [0, 0.05) is 25.9 Å². The van der Waals surface area contributed by atoms with Crippen molar-refractivity contribution in [3.05, 3.63) is 21.7 Å². The van der Waals surface area contributed by atoms with Gasteiger partial charge in [-0.15, -0.1) is 44.4 Å². The van der Waals surface area contributed by atoms with E-state index in [1.54, 1.807) is 18.4 Å². The smallest absolute Gasteiger partial charge is 0.191 e. The molecule has 0 saturated carbocycles. The minimum Gasteiger partial charge on any atom is -0.350 e. The van der Waals surface area contributed by atoms with E-state index in [0.717, 1.165) is 40.6 Å². The molecule has 0 fully saturated rings. The number of fused-ring (bicyclic) bond motifs is 1. The van der Waals surface area contributed by atoms with E-state index >= 15 is 0 Å². The number of hydrogen-bond donors (Lipinski definition) is 2. The molecule has 0 aliphatic carbocycles. The predicted octanol–water partition coefficient (Wildman–Crippen LogP) is 2.46. The summed E-state index contributed by atoms with van der Waals surface area (Å²) in [5.41, 5.74) is 0. The van der Waals surface area contributed by atoms with Crippen molar-refractivity contribution < 1.29 is 0 Å². The van der Waals surface area contributed by atoms with Gasteiger partial charge in [0.1, 0.15) is 15.8 Å². The van der Waals surface area contributed by atoms with Crippen LogP contribution >= 0.6 is 35.3 Å². The molecule has 3 rings (SSSR count). The van der Waals surface area contributed by atoms with E-state index in [0.29, 0.717) is 19.0 Å². The molecule has 0 saturated heterocycles. The Labute approximate surface area is 175 Å². The molecule has 144 valence electrons. The molecular formula is C16H27IN8S. The fourth-order valence-corrected chi connectivity index (χ4v) is 3.57. The summed E-state index contributed by atoms with van der Waals surface area (Å²) < 4.78 is 2.24. The highest BCUT2D eigenvalue weighted by atomic mass is 127. The van der Waals surface area contributed by atoms with Gasteiger partial charge in [-0.2, -0.15) is 0 Å². The first-order valence-corrected chi connectivity index (χ1v) is 9.66. The van der Waals surface area contributed by atoms with Crippen molar-refractivity contribution in [2.75, 3.05) is 7.05 Å². The quantitative estimate of drug-likeness (QED) is 0.380. The molecule has 2 aromatic heterocycles. The van der Waals surface area contributed by atoms with Crippen LogP contribution in [0.5, 0.6) is 0 Å². The van der Waals surface area contributed by atoms with Gasteiger partial charge < -0.3 is 15.2 Å². The minimum absolute atomic E-state index is 0. The summed E-state index contributed by atoms with van der Waals surface area (Å²) in [5.74, 6) is 3.21. The molecule has 0 unspecified atom stereocenters. The molecule has 26 heavy (non-hydrogen) atoms. The predicted molar refractivity (Wildman–Crippen MR) is 114 cm³/mol. The number of guanidine groups is 1. The molecule has 2 aromatic rings. The Morgan fingerprint density at radius 1 is 1.12 bits per heavy atom. The lowest BCUT2D eigenvalue weighted by molar-refractivity contribution is 0.596. The summed E-state index contributed by atoms with van der Waals surface area (Å²) in [6.07, 6.45) is 4.68. The van der Waals surface area contributed by atoms with E-state index in [1.807, 2.05) is 0 Å². The summed E-state index contributed by atoms with van der Waals surface area (Å²) in [6.45, 7) is 6.48. The van der Waals surface area contributed by atoms with Gasteiger partial charge in [-0.3, -0.25) is 4.99 Å². The Balaban J connectivity index is 0.00000243. The zero-order valence-electron chi connectivity index (χ0n) is 15.5. The Bertz CT molecular complexity index is 724. The van der Waals surface area contributed by atoms with Crippen LogP contribution in [0.3, 0.4) is 0 Å². The molecule has 0 atom stereocenters. The first-order valence-electron chi connectivity index (χ1n) is 8.85. The molecule has 0 amide bonds. The highest BCUT2D eigenvalue weighted by molar-refractivity contribution is 14.0. The number of nitrogens with zero attached hydrogens (tertiary/aromatic N) is 6. The van der Waals surface area contributed by atoms with Crippen molar-refractivity contribution in [3.8, 4) is 0 Å². The second kappa shape index (κ2) is 10.1. The molecule has 0 spiro atoms. The van der Waals surface area contributed by atoms with Gasteiger partial charge in [0.25, 0.3) is 0 Å². The van der Waals surface area contributed by atoms with Crippen LogP contribution in [-0.4, -0.2) is 38.0 Å². The number of aryl methyl sites for hydroxylation is 1. The molecule has 1 aliphatic heterocycles. The third kappa shape index (κ3) is 5.35. The van der Waals surface area contributed by atoms with E-state index in [1.165, 1.54) is 19.3 Å². The standard InChI is InChI=1S/C16H26N8S.HI/c1-11(2)15-23-22-14(25-15)10-19-16(17-3)18-9-13-21-20-12-7-5-4-6-8-24(12)13;/h11H,4-10H2,1-3H3,(H2,17,18,19);1H. The van der Waals surface area contributed by atoms with Gasteiger partial charge in [-0.05, 0) is 12.8 Å². The lowest BCUT2D eigenvalue weighted by Gasteiger charge is -2.11. The molecule has 3 heterocycles. The lowest BCUT2D eigenvalue weighted by atomic mass is 10.2. The van der Waals surface area contributed by atoms with Crippen molar-refractivity contribution in [1.29, 1.82) is 0 Å². The summed E-state index contributed by atoms with van der Waals surface area (Å²) in [6, 6.07) is 0. The molecule has 8 nitrogen and oxygen atoms in total. The van der Waals surface area contributed by atoms with Gasteiger partial charge in [-0.25, -0.2) is 0 Å². The number of rotatable bonds is 5. The van der Waals surface area contributed by atoms with Crippen LogP contribution in [0.25, 0.3) is 0 Å². The van der Waals surface area contributed by atoms with Crippen LogP contribution in [-0.2, 0) is 26.1 Å². The Morgan fingerprint density at radius 2 is 1.92 bits per heavy atom. The Hall–Kier alpha value is -1.30. The summed E-state index contributed by atoms with van der Waals surface area (Å²) in [7, 11) is 1.76. The Morgan fingerprint density at radius 3 is 2.65 bits per heavy atom. The van der Waals surface area contributed by atoms with Crippen molar-refractivity contribution >= 4 is 41.3 Å². The van der Waals surface area contributed by atoms with Crippen LogP contribution in [0.1, 0.15) is 60.7 Å². The first kappa shape index (κ1) is 21.0. The maximum absolute atomic E-state index is 4.33. The van der Waals surface area contributed by atoms with Crippen molar-refractivity contribution in [3.63, 3.8) is 0 Å². The van der Waals surface area contributed by atoms with Gasteiger partial charge in [0.2, 0.25) is 0 Å². The van der Waals surface area contributed by atoms with E-state index in [-0.39, 0.29) is 24.0 Å². The number of nitrogens with one attached hydrogen (secondary N) is 2. The van der Waals surface area contributed by atoms with Crippen LogP contribution in [0.15, 0.2) is 4.99 Å². The van der Waals surface area contributed by atoms with E-state index in [2.05, 4.69) is 54.4 Å². The number of halogens is 1.